The summed E-state index contributed by atoms with van der Waals surface area (Å²) >= 11 is 3.11. The Morgan fingerprint density at radius 2 is 2.33 bits per heavy atom. The largest absolute Gasteiger partial charge is 0.390 e. The van der Waals surface area contributed by atoms with E-state index in [9.17, 15) is 20.3 Å². The van der Waals surface area contributed by atoms with E-state index in [1.54, 1.807) is 0 Å². The molecule has 0 saturated carbocycles. The Bertz CT molecular complexity index is 343. The molecule has 0 aliphatic rings. The molecule has 0 aromatic carbocycles. The Morgan fingerprint density at radius 1 is 1.67 bits per heavy atom. The number of aromatic nitrogens is 2. The zero-order valence-corrected chi connectivity index (χ0v) is 9.22. The first-order valence-electron chi connectivity index (χ1n) is 4.17. The van der Waals surface area contributed by atoms with E-state index in [2.05, 4.69) is 25.9 Å². The zero-order valence-electron chi connectivity index (χ0n) is 7.63. The molecule has 2 atom stereocenters. The summed E-state index contributed by atoms with van der Waals surface area (Å²) < 4.78 is 0. The third kappa shape index (κ3) is 2.98. The van der Waals surface area contributed by atoms with E-state index in [1.807, 2.05) is 0 Å². The molecule has 0 aliphatic carbocycles. The van der Waals surface area contributed by atoms with Crippen molar-refractivity contribution >= 4 is 21.7 Å². The molecule has 0 radical (unpaired) electrons. The maximum Gasteiger partial charge on any atom is 0.340 e. The van der Waals surface area contributed by atoms with Gasteiger partial charge in [0.25, 0.3) is 0 Å². The normalized spacial score (nSPS) is 14.9. The molecule has 1 heterocycles. The van der Waals surface area contributed by atoms with Gasteiger partial charge < -0.3 is 20.3 Å². The number of aliphatic hydroxyl groups excluding tert-OH is 2. The van der Waals surface area contributed by atoms with Gasteiger partial charge >= 0.3 is 5.82 Å². The predicted molar refractivity (Wildman–Crippen MR) is 54.6 cm³/mol. The number of nitrogens with zero attached hydrogens (tertiary/aromatic N) is 2. The van der Waals surface area contributed by atoms with E-state index in [-0.39, 0.29) is 11.6 Å². The van der Waals surface area contributed by atoms with Crippen LogP contribution in [0.1, 0.15) is 18.3 Å². The number of hydrogen-bond acceptors (Lipinski definition) is 5. The van der Waals surface area contributed by atoms with Crippen molar-refractivity contribution in [1.29, 1.82) is 0 Å². The second-order valence-corrected chi connectivity index (χ2v) is 3.69. The van der Waals surface area contributed by atoms with Crippen molar-refractivity contribution in [3.8, 4) is 0 Å². The Kier molecular flexibility index (Phi) is 4.18. The maximum atomic E-state index is 10.3. The fourth-order valence-corrected chi connectivity index (χ4v) is 1.49. The summed E-state index contributed by atoms with van der Waals surface area (Å²) in [7, 11) is 0. The molecule has 7 nitrogen and oxygen atoms in total. The molecule has 0 amide bonds. The summed E-state index contributed by atoms with van der Waals surface area (Å²) in [6, 6.07) is 0. The Morgan fingerprint density at radius 3 is 2.80 bits per heavy atom. The number of alkyl halides is 1. The number of halogens is 1. The van der Waals surface area contributed by atoms with Crippen LogP contribution in [0, 0.1) is 10.1 Å². The van der Waals surface area contributed by atoms with E-state index in [4.69, 9.17) is 0 Å². The summed E-state index contributed by atoms with van der Waals surface area (Å²) in [6.45, 7) is 0. The third-order valence-electron chi connectivity index (χ3n) is 1.83. The third-order valence-corrected chi connectivity index (χ3v) is 2.29. The molecule has 84 valence electrons. The van der Waals surface area contributed by atoms with Crippen LogP contribution in [0.15, 0.2) is 6.20 Å². The maximum absolute atomic E-state index is 10.3. The van der Waals surface area contributed by atoms with Crippen LogP contribution < -0.4 is 0 Å². The molecule has 1 rings (SSSR count). The van der Waals surface area contributed by atoms with Crippen molar-refractivity contribution in [2.24, 2.45) is 0 Å². The van der Waals surface area contributed by atoms with Gasteiger partial charge in [-0.2, -0.15) is 0 Å². The SMILES string of the molecule is O=[N+]([O-])c1cnc(C(O)C(O)CCBr)[nH]1. The first-order valence-corrected chi connectivity index (χ1v) is 5.29. The van der Waals surface area contributed by atoms with Gasteiger partial charge in [-0.3, -0.25) is 0 Å². The van der Waals surface area contributed by atoms with Gasteiger partial charge in [-0.25, -0.2) is 9.97 Å². The molecular weight excluding hydrogens is 270 g/mol. The quantitative estimate of drug-likeness (QED) is 0.413. The number of imidazole rings is 1. The van der Waals surface area contributed by atoms with Crippen LogP contribution in [0.3, 0.4) is 0 Å². The second-order valence-electron chi connectivity index (χ2n) is 2.90. The second kappa shape index (κ2) is 5.19. The van der Waals surface area contributed by atoms with Crippen molar-refractivity contribution in [1.82, 2.24) is 9.97 Å². The van der Waals surface area contributed by atoms with Crippen LogP contribution in [0.4, 0.5) is 5.82 Å². The van der Waals surface area contributed by atoms with E-state index in [0.717, 1.165) is 6.20 Å². The van der Waals surface area contributed by atoms with E-state index < -0.39 is 17.1 Å². The van der Waals surface area contributed by atoms with E-state index >= 15 is 0 Å². The average Bonchev–Trinajstić information content (AvgIpc) is 2.65. The number of rotatable bonds is 5. The fourth-order valence-electron chi connectivity index (χ4n) is 1.02. The van der Waals surface area contributed by atoms with Gasteiger partial charge in [0.1, 0.15) is 6.20 Å². The van der Waals surface area contributed by atoms with Gasteiger partial charge in [-0.05, 0) is 11.3 Å². The number of H-pyrrole nitrogens is 1. The molecule has 0 aliphatic heterocycles. The highest BCUT2D eigenvalue weighted by atomic mass is 79.9. The lowest BCUT2D eigenvalue weighted by Crippen LogP contribution is -2.19. The molecule has 15 heavy (non-hydrogen) atoms. The van der Waals surface area contributed by atoms with Crippen LogP contribution in [-0.2, 0) is 0 Å². The summed E-state index contributed by atoms with van der Waals surface area (Å²) in [5.41, 5.74) is 0. The zero-order chi connectivity index (χ0) is 11.4. The predicted octanol–water partition coefficient (Wildman–Crippen LogP) is 0.497. The lowest BCUT2D eigenvalue weighted by atomic mass is 10.1. The van der Waals surface area contributed by atoms with E-state index in [1.165, 1.54) is 0 Å². The summed E-state index contributed by atoms with van der Waals surface area (Å²) in [6.07, 6.45) is -0.916. The number of hydrogen-bond donors (Lipinski definition) is 3. The molecule has 3 N–H and O–H groups in total. The monoisotopic (exact) mass is 279 g/mol. The molecule has 1 aromatic rings. The van der Waals surface area contributed by atoms with Crippen molar-refractivity contribution in [2.45, 2.75) is 18.6 Å². The molecule has 2 unspecified atom stereocenters. The summed E-state index contributed by atoms with van der Waals surface area (Å²) in [4.78, 5) is 15.6. The molecular formula is C7H10BrN3O4. The van der Waals surface area contributed by atoms with Gasteiger partial charge in [-0.1, -0.05) is 15.9 Å². The molecule has 0 bridgehead atoms. The number of aromatic amines is 1. The van der Waals surface area contributed by atoms with Crippen LogP contribution in [-0.4, -0.2) is 36.5 Å². The highest BCUT2D eigenvalue weighted by Gasteiger charge is 2.24. The lowest BCUT2D eigenvalue weighted by molar-refractivity contribution is -0.389. The van der Waals surface area contributed by atoms with Crippen molar-refractivity contribution in [3.05, 3.63) is 22.1 Å². The number of nitrogens with one attached hydrogen (secondary N) is 1. The summed E-state index contributed by atoms with van der Waals surface area (Å²) in [5, 5.41) is 29.8. The van der Waals surface area contributed by atoms with Crippen LogP contribution >= 0.6 is 15.9 Å². The van der Waals surface area contributed by atoms with E-state index in [0.29, 0.717) is 11.8 Å². The topological polar surface area (TPSA) is 112 Å². The smallest absolute Gasteiger partial charge is 0.340 e. The minimum absolute atomic E-state index is 0.00449. The van der Waals surface area contributed by atoms with Crippen molar-refractivity contribution in [3.63, 3.8) is 0 Å². The van der Waals surface area contributed by atoms with Crippen LogP contribution in [0.2, 0.25) is 0 Å². The lowest BCUT2D eigenvalue weighted by Gasteiger charge is -2.11. The average molecular weight is 280 g/mol. The first-order chi connectivity index (χ1) is 7.06. The summed E-state index contributed by atoms with van der Waals surface area (Å²) in [5.74, 6) is -0.315. The van der Waals surface area contributed by atoms with Crippen molar-refractivity contribution < 1.29 is 15.1 Å². The minimum Gasteiger partial charge on any atom is -0.390 e. The highest BCUT2D eigenvalue weighted by molar-refractivity contribution is 9.09. The number of nitro groups is 1. The van der Waals surface area contributed by atoms with Gasteiger partial charge in [0.15, 0.2) is 6.10 Å². The fraction of sp³-hybridized carbons (Fsp3) is 0.571. The van der Waals surface area contributed by atoms with Crippen LogP contribution in [0.25, 0.3) is 0 Å². The molecule has 1 aromatic heterocycles. The Hall–Kier alpha value is -0.990. The minimum atomic E-state index is -1.24. The van der Waals surface area contributed by atoms with Crippen LogP contribution in [0.5, 0.6) is 0 Å². The van der Waals surface area contributed by atoms with Gasteiger partial charge in [-0.15, -0.1) is 0 Å². The van der Waals surface area contributed by atoms with Gasteiger partial charge in [0.2, 0.25) is 5.82 Å². The van der Waals surface area contributed by atoms with Gasteiger partial charge in [0, 0.05) is 5.33 Å². The number of aliphatic hydroxyl groups is 2. The van der Waals surface area contributed by atoms with Gasteiger partial charge in [0.05, 0.1) is 6.10 Å². The Balaban J connectivity index is 2.73. The molecule has 8 heteroatoms. The molecule has 0 spiro atoms. The molecule has 0 fully saturated rings. The highest BCUT2D eigenvalue weighted by Crippen LogP contribution is 2.18. The molecule has 0 saturated heterocycles. The Labute approximate surface area is 93.4 Å². The van der Waals surface area contributed by atoms with Crippen molar-refractivity contribution in [2.75, 3.05) is 5.33 Å². The first kappa shape index (κ1) is 12.1. The standard InChI is InChI=1S/C7H10BrN3O4/c8-2-1-4(12)6(13)7-9-3-5(10-7)11(14)15/h3-4,6,12-13H,1-2H2,(H,9,10).